The summed E-state index contributed by atoms with van der Waals surface area (Å²) in [5.74, 6) is 0.0641. The van der Waals surface area contributed by atoms with Gasteiger partial charge in [0.05, 0.1) is 0 Å². The molecule has 0 atom stereocenters. The molecule has 3 nitrogen and oxygen atoms in total. The quantitative estimate of drug-likeness (QED) is 0.251. The maximum absolute atomic E-state index is 11.3. The summed E-state index contributed by atoms with van der Waals surface area (Å²) in [7, 11) is -3.18. The van der Waals surface area contributed by atoms with Crippen molar-refractivity contribution < 1.29 is 354 Å². The first-order chi connectivity index (χ1) is 5.56. The molecule has 0 amide bonds. The molecule has 0 aromatic carbocycles. The van der Waals surface area contributed by atoms with Gasteiger partial charge in [-0.2, -0.15) is 18.6 Å². The molecule has 0 radical (unpaired) electrons. The van der Waals surface area contributed by atoms with Gasteiger partial charge < -0.3 is 4.98 Å². The summed E-state index contributed by atoms with van der Waals surface area (Å²) in [6.45, 7) is 5.16. The number of pyridine rings is 1. The fourth-order valence-corrected chi connectivity index (χ4v) is 1.57. The molecule has 156 valence electrons. The smallest absolute Gasteiger partial charge is 0.393 e. The summed E-state index contributed by atoms with van der Waals surface area (Å²) in [5, 5.41) is 0. The van der Waals surface area contributed by atoms with Crippen LogP contribution in [0.3, 0.4) is 0 Å². The van der Waals surface area contributed by atoms with E-state index in [0.717, 1.165) is 0 Å². The van der Waals surface area contributed by atoms with Gasteiger partial charge in [-0.25, -0.2) is 8.42 Å². The van der Waals surface area contributed by atoms with E-state index in [4.69, 9.17) is 0 Å². The Labute approximate surface area is 407 Å². The van der Waals surface area contributed by atoms with Crippen LogP contribution in [-0.2, 0) is 326 Å². The molecule has 0 bridgehead atoms. The predicted octanol–water partition coefficient (Wildman–Crippen LogP) is -2.18. The van der Waals surface area contributed by atoms with Gasteiger partial charge in [0.1, 0.15) is 0 Å². The maximum Gasteiger partial charge on any atom is 1.00 e. The van der Waals surface area contributed by atoms with Crippen molar-refractivity contribution in [3.8, 4) is 0 Å². The van der Waals surface area contributed by atoms with Crippen LogP contribution in [0.4, 0.5) is 0 Å². The second kappa shape index (κ2) is 65.9. The fraction of sp³-hybridized carbons (Fsp3) is 0.250. The number of hydrogen-bond acceptors (Lipinski definition) is 3. The van der Waals surface area contributed by atoms with E-state index in [1.54, 1.807) is 6.92 Å². The minimum absolute atomic E-state index is 0. The van der Waals surface area contributed by atoms with Crippen molar-refractivity contribution in [1.82, 2.24) is 4.98 Å². The first-order valence-corrected chi connectivity index (χ1v) is 5.14. The molecule has 0 aliphatic rings. The monoisotopic (exact) mass is 2970 g/mol. The SMILES string of the molecule is [CH2-]c1cn[c-]c(S(=O)(=O)CC)c1.[Na+].[W].[W].[W].[W].[W].[W].[W].[W].[W].[W].[W].[W].[W].[W].[W]. The van der Waals surface area contributed by atoms with E-state index in [1.165, 1.54) is 12.3 Å². The molecule has 0 N–H and O–H groups in total. The van der Waals surface area contributed by atoms with Gasteiger partial charge in [-0.15, -0.1) is 0 Å². The average molecular weight is 2960 g/mol. The maximum atomic E-state index is 11.3. The van der Waals surface area contributed by atoms with Crippen molar-refractivity contribution in [2.45, 2.75) is 11.8 Å². The van der Waals surface area contributed by atoms with Gasteiger partial charge in [0.15, 0.2) is 9.84 Å². The Kier molecular flexibility index (Phi) is 252. The number of hydrogen-bond donors (Lipinski definition) is 0. The molecule has 1 aromatic rings. The topological polar surface area (TPSA) is 47.0 Å². The fourth-order valence-electron chi connectivity index (χ4n) is 0.732. The molecule has 1 rings (SSSR count). The molecule has 0 unspecified atom stereocenters. The molecule has 0 fully saturated rings. The number of sulfone groups is 1. The first kappa shape index (κ1) is 107. The van der Waals surface area contributed by atoms with Gasteiger partial charge in [-0.1, -0.05) is 19.3 Å². The number of rotatable bonds is 2. The number of nitrogens with zero attached hydrogens (tertiary/aromatic N) is 1. The third kappa shape index (κ3) is 52.7. The summed E-state index contributed by atoms with van der Waals surface area (Å²) in [6, 6.07) is 1.46. The van der Waals surface area contributed by atoms with Crippen LogP contribution in [-0.4, -0.2) is 19.2 Å². The minimum Gasteiger partial charge on any atom is -0.393 e. The van der Waals surface area contributed by atoms with Gasteiger partial charge in [0, 0.05) is 322 Å². The molecule has 28 heavy (non-hydrogen) atoms. The van der Waals surface area contributed by atoms with Crippen molar-refractivity contribution in [2.75, 3.05) is 5.75 Å². The zero-order chi connectivity index (χ0) is 9.19. The predicted molar refractivity (Wildman–Crippen MR) is 45.3 cm³/mol. The third-order valence-electron chi connectivity index (χ3n) is 1.44. The van der Waals surface area contributed by atoms with Gasteiger partial charge >= 0.3 is 29.6 Å². The van der Waals surface area contributed by atoms with Crippen molar-refractivity contribution in [3.05, 3.63) is 30.9 Å². The van der Waals surface area contributed by atoms with E-state index in [9.17, 15) is 8.42 Å². The van der Waals surface area contributed by atoms with Crippen molar-refractivity contribution in [3.63, 3.8) is 0 Å². The molecule has 0 aliphatic carbocycles. The van der Waals surface area contributed by atoms with Gasteiger partial charge in [0.25, 0.3) is 0 Å². The Bertz CT molecular complexity index is 403. The Hall–Kier alpha value is 10.3. The van der Waals surface area contributed by atoms with E-state index >= 15 is 0 Å². The Morgan fingerprint density at radius 1 is 0.786 bits per heavy atom. The zero-order valence-electron chi connectivity index (χ0n) is 13.9. The standard InChI is InChI=1S/C8H9NO2S.Na.15W/c1-3-12(10,11)8-4-7(2)5-9-6-8;;;;;;;;;;;;;;;;/h4-5H,2-3H2,1H3;;;;;;;;;;;;;;;;/q-2;+1;;;;;;;;;;;;;;;. The molecule has 0 saturated heterocycles. The summed E-state index contributed by atoms with van der Waals surface area (Å²) in [6.07, 6.45) is 3.89. The van der Waals surface area contributed by atoms with Crippen LogP contribution in [0.15, 0.2) is 17.2 Å². The van der Waals surface area contributed by atoms with Crippen molar-refractivity contribution in [2.24, 2.45) is 0 Å². The Morgan fingerprint density at radius 3 is 1.29 bits per heavy atom. The third-order valence-corrected chi connectivity index (χ3v) is 3.08. The Balaban J connectivity index is -0.00000000643. The van der Waals surface area contributed by atoms with E-state index in [1.807, 2.05) is 0 Å². The second-order valence-electron chi connectivity index (χ2n) is 2.36. The van der Waals surface area contributed by atoms with Crippen LogP contribution >= 0.6 is 0 Å². The summed E-state index contributed by atoms with van der Waals surface area (Å²) in [5.41, 5.74) is 0.584. The number of aromatic nitrogens is 1. The van der Waals surface area contributed by atoms with E-state index in [2.05, 4.69) is 18.1 Å². The Morgan fingerprint density at radius 2 is 1.07 bits per heavy atom. The average Bonchev–Trinajstić information content (AvgIpc) is 2.05. The van der Waals surface area contributed by atoms with Crippen LogP contribution in [0.2, 0.25) is 0 Å². The van der Waals surface area contributed by atoms with Crippen LogP contribution < -0.4 is 29.6 Å². The summed E-state index contributed by atoms with van der Waals surface area (Å²) < 4.78 is 22.5. The molecule has 0 aliphatic heterocycles. The minimum atomic E-state index is -3.18. The van der Waals surface area contributed by atoms with Gasteiger partial charge in [0.2, 0.25) is 0 Å². The van der Waals surface area contributed by atoms with Crippen LogP contribution in [0.1, 0.15) is 12.5 Å². The van der Waals surface area contributed by atoms with Gasteiger partial charge in [-0.3, -0.25) is 0 Å². The summed E-state index contributed by atoms with van der Waals surface area (Å²) >= 11 is 0. The summed E-state index contributed by atoms with van der Waals surface area (Å²) in [4.78, 5) is 3.75. The molecule has 1 heterocycles. The van der Waals surface area contributed by atoms with Gasteiger partial charge in [-0.05, 0) is 4.90 Å². The second-order valence-corrected chi connectivity index (χ2v) is 4.60. The van der Waals surface area contributed by atoms with Crippen molar-refractivity contribution >= 4 is 9.84 Å². The molecular formula is C8H9NNaO2SW15-. The molecular weight excluding hydrogens is 2950 g/mol. The molecule has 0 saturated carbocycles. The van der Waals surface area contributed by atoms with Crippen LogP contribution in [0.5, 0.6) is 0 Å². The van der Waals surface area contributed by atoms with E-state index < -0.39 is 9.84 Å². The normalized spacial score (nSPS) is 4.89. The van der Waals surface area contributed by atoms with E-state index in [-0.39, 0.29) is 356 Å². The van der Waals surface area contributed by atoms with E-state index in [0.29, 0.717) is 5.56 Å². The first-order valence-electron chi connectivity index (χ1n) is 3.48. The molecule has 0 spiro atoms. The van der Waals surface area contributed by atoms with Crippen LogP contribution in [0.25, 0.3) is 0 Å². The molecule has 1 aromatic heterocycles. The molecule has 20 heteroatoms. The van der Waals surface area contributed by atoms with Crippen LogP contribution in [0, 0.1) is 13.1 Å². The zero-order valence-corrected chi connectivity index (χ0v) is 60.7. The van der Waals surface area contributed by atoms with Crippen molar-refractivity contribution in [1.29, 1.82) is 0 Å². The largest absolute Gasteiger partial charge is 1.00 e.